The molecule has 2 aliphatic rings. The number of hydrogen-bond donors (Lipinski definition) is 2. The molecule has 4 heteroatoms. The van der Waals surface area contributed by atoms with E-state index in [1.807, 2.05) is 13.8 Å². The Balaban J connectivity index is 2.00. The molecule has 0 bridgehead atoms. The largest absolute Gasteiger partial charge is 0.351 e. The maximum Gasteiger partial charge on any atom is 0.231 e. The molecule has 2 rings (SSSR count). The first-order valence-corrected chi connectivity index (χ1v) is 5.56. The molecule has 1 aliphatic heterocycles. The van der Waals surface area contributed by atoms with Crippen LogP contribution in [0.3, 0.4) is 0 Å². The maximum atomic E-state index is 11.8. The normalized spacial score (nSPS) is 33.9. The van der Waals surface area contributed by atoms with Crippen molar-refractivity contribution in [3.63, 3.8) is 0 Å². The number of rotatable bonds is 2. The smallest absolute Gasteiger partial charge is 0.231 e. The Labute approximate surface area is 90.5 Å². The molecule has 0 spiro atoms. The molecule has 1 amide bonds. The van der Waals surface area contributed by atoms with Crippen LogP contribution in [0.15, 0.2) is 0 Å². The van der Waals surface area contributed by atoms with E-state index in [-0.39, 0.29) is 17.4 Å². The Bertz CT molecular complexity index is 291. The van der Waals surface area contributed by atoms with Crippen LogP contribution in [-0.2, 0) is 4.79 Å². The van der Waals surface area contributed by atoms with E-state index in [4.69, 9.17) is 5.41 Å². The van der Waals surface area contributed by atoms with Crippen molar-refractivity contribution in [3.8, 4) is 0 Å². The van der Waals surface area contributed by atoms with Crippen LogP contribution in [-0.4, -0.2) is 28.9 Å². The zero-order chi connectivity index (χ0) is 11.2. The molecule has 1 unspecified atom stereocenters. The molecule has 1 saturated heterocycles. The Morgan fingerprint density at radius 3 is 2.67 bits per heavy atom. The third-order valence-corrected chi connectivity index (χ3v) is 3.31. The lowest BCUT2D eigenvalue weighted by Crippen LogP contribution is -2.60. The van der Waals surface area contributed by atoms with Gasteiger partial charge in [0.1, 0.15) is 0 Å². The van der Waals surface area contributed by atoms with E-state index < -0.39 is 0 Å². The van der Waals surface area contributed by atoms with Crippen molar-refractivity contribution in [1.29, 1.82) is 5.41 Å². The molecule has 15 heavy (non-hydrogen) atoms. The minimum atomic E-state index is -0.264. The Hall–Kier alpha value is -1.06. The van der Waals surface area contributed by atoms with Crippen molar-refractivity contribution < 1.29 is 4.79 Å². The third kappa shape index (κ3) is 2.13. The molecular weight excluding hydrogens is 190 g/mol. The lowest BCUT2D eigenvalue weighted by Gasteiger charge is -2.38. The highest BCUT2D eigenvalue weighted by Gasteiger charge is 2.40. The van der Waals surface area contributed by atoms with Gasteiger partial charge in [0.2, 0.25) is 5.91 Å². The molecule has 2 N–H and O–H groups in total. The molecule has 2 fully saturated rings. The van der Waals surface area contributed by atoms with Gasteiger partial charge in [0.05, 0.1) is 0 Å². The van der Waals surface area contributed by atoms with Crippen molar-refractivity contribution in [1.82, 2.24) is 10.2 Å². The van der Waals surface area contributed by atoms with Gasteiger partial charge >= 0.3 is 0 Å². The van der Waals surface area contributed by atoms with Gasteiger partial charge in [-0.1, -0.05) is 6.92 Å². The fourth-order valence-corrected chi connectivity index (χ4v) is 2.11. The third-order valence-electron chi connectivity index (χ3n) is 3.31. The fourth-order valence-electron chi connectivity index (χ4n) is 2.11. The average molecular weight is 209 g/mol. The maximum absolute atomic E-state index is 11.8. The van der Waals surface area contributed by atoms with Crippen LogP contribution in [0.4, 0.5) is 0 Å². The summed E-state index contributed by atoms with van der Waals surface area (Å²) >= 11 is 0. The number of nitrogens with zero attached hydrogens (tertiary/aromatic N) is 1. The second kappa shape index (κ2) is 3.22. The zero-order valence-corrected chi connectivity index (χ0v) is 9.63. The molecule has 0 aromatic rings. The van der Waals surface area contributed by atoms with Gasteiger partial charge in [-0.3, -0.25) is 15.1 Å². The molecule has 0 aromatic carbocycles. The number of guanidine groups is 1. The van der Waals surface area contributed by atoms with Crippen LogP contribution in [0.2, 0.25) is 0 Å². The van der Waals surface area contributed by atoms with Gasteiger partial charge < -0.3 is 5.32 Å². The molecule has 1 heterocycles. The standard InChI is InChI=1S/C11H19N3O/c1-7-4-8(7)6-14-9(15)5-11(2,3)13-10(14)12/h7-8H,4-6H2,1-3H3,(H2,12,13)/t7-,8?/m1/s1. The van der Waals surface area contributed by atoms with Crippen molar-refractivity contribution >= 4 is 11.9 Å². The van der Waals surface area contributed by atoms with Gasteiger partial charge in [-0.25, -0.2) is 0 Å². The van der Waals surface area contributed by atoms with Crippen LogP contribution in [0.5, 0.6) is 0 Å². The average Bonchev–Trinajstić information content (AvgIpc) is 2.73. The molecule has 0 radical (unpaired) electrons. The van der Waals surface area contributed by atoms with Crippen LogP contribution in [0.1, 0.15) is 33.6 Å². The number of carbonyl (C=O) groups is 1. The van der Waals surface area contributed by atoms with Crippen LogP contribution >= 0.6 is 0 Å². The molecular formula is C11H19N3O. The van der Waals surface area contributed by atoms with Crippen molar-refractivity contribution in [2.45, 2.75) is 39.2 Å². The zero-order valence-electron chi connectivity index (χ0n) is 9.63. The minimum absolute atomic E-state index is 0.0860. The Kier molecular flexibility index (Phi) is 2.24. The van der Waals surface area contributed by atoms with E-state index in [1.165, 1.54) is 6.42 Å². The highest BCUT2D eigenvalue weighted by atomic mass is 16.2. The van der Waals surface area contributed by atoms with E-state index in [2.05, 4.69) is 12.2 Å². The summed E-state index contributed by atoms with van der Waals surface area (Å²) in [7, 11) is 0. The molecule has 84 valence electrons. The van der Waals surface area contributed by atoms with Gasteiger partial charge in [-0.2, -0.15) is 0 Å². The predicted octanol–water partition coefficient (Wildman–Crippen LogP) is 1.18. The summed E-state index contributed by atoms with van der Waals surface area (Å²) in [5, 5.41) is 10.9. The number of hydrogen-bond acceptors (Lipinski definition) is 2. The SMILES string of the molecule is C[C@@H]1CC1CN1C(=N)NC(C)(C)CC1=O. The highest BCUT2D eigenvalue weighted by molar-refractivity contribution is 5.99. The summed E-state index contributed by atoms with van der Waals surface area (Å²) in [5.74, 6) is 1.69. The summed E-state index contributed by atoms with van der Waals surface area (Å²) < 4.78 is 0. The fraction of sp³-hybridized carbons (Fsp3) is 0.818. The first-order valence-electron chi connectivity index (χ1n) is 5.56. The van der Waals surface area contributed by atoms with Gasteiger partial charge in [-0.05, 0) is 32.1 Å². The molecule has 2 atom stereocenters. The van der Waals surface area contributed by atoms with Gasteiger partial charge in [0.25, 0.3) is 0 Å². The van der Waals surface area contributed by atoms with Crippen LogP contribution in [0, 0.1) is 17.2 Å². The van der Waals surface area contributed by atoms with Crippen LogP contribution in [0.25, 0.3) is 0 Å². The van der Waals surface area contributed by atoms with Crippen molar-refractivity contribution in [2.75, 3.05) is 6.54 Å². The van der Waals surface area contributed by atoms with E-state index in [0.29, 0.717) is 12.3 Å². The summed E-state index contributed by atoms with van der Waals surface area (Å²) in [4.78, 5) is 13.4. The highest BCUT2D eigenvalue weighted by Crippen LogP contribution is 2.38. The molecule has 1 aliphatic carbocycles. The molecule has 4 nitrogen and oxygen atoms in total. The summed E-state index contributed by atoms with van der Waals surface area (Å²) in [6.07, 6.45) is 1.68. The Morgan fingerprint density at radius 1 is 1.60 bits per heavy atom. The van der Waals surface area contributed by atoms with Crippen molar-refractivity contribution in [3.05, 3.63) is 0 Å². The topological polar surface area (TPSA) is 56.2 Å². The summed E-state index contributed by atoms with van der Waals surface area (Å²) in [6, 6.07) is 0. The lowest BCUT2D eigenvalue weighted by atomic mass is 9.97. The van der Waals surface area contributed by atoms with E-state index in [9.17, 15) is 4.79 Å². The lowest BCUT2D eigenvalue weighted by molar-refractivity contribution is -0.130. The summed E-state index contributed by atoms with van der Waals surface area (Å²) in [5.41, 5.74) is -0.264. The first kappa shape index (κ1) is 10.5. The van der Waals surface area contributed by atoms with Gasteiger partial charge in [-0.15, -0.1) is 0 Å². The van der Waals surface area contributed by atoms with Gasteiger partial charge in [0, 0.05) is 18.5 Å². The molecule has 1 saturated carbocycles. The van der Waals surface area contributed by atoms with Crippen molar-refractivity contribution in [2.24, 2.45) is 11.8 Å². The second-order valence-corrected chi connectivity index (χ2v) is 5.51. The Morgan fingerprint density at radius 2 is 2.20 bits per heavy atom. The number of nitrogens with one attached hydrogen (secondary N) is 2. The monoisotopic (exact) mass is 209 g/mol. The van der Waals surface area contributed by atoms with Crippen LogP contribution < -0.4 is 5.32 Å². The number of amides is 1. The second-order valence-electron chi connectivity index (χ2n) is 5.51. The quantitative estimate of drug-likeness (QED) is 0.717. The predicted molar refractivity (Wildman–Crippen MR) is 58.5 cm³/mol. The summed E-state index contributed by atoms with van der Waals surface area (Å²) in [6.45, 7) is 6.83. The van der Waals surface area contributed by atoms with E-state index in [0.717, 1.165) is 12.5 Å². The minimum Gasteiger partial charge on any atom is -0.351 e. The van der Waals surface area contributed by atoms with E-state index >= 15 is 0 Å². The first-order chi connectivity index (χ1) is 6.89. The van der Waals surface area contributed by atoms with E-state index in [1.54, 1.807) is 4.90 Å². The molecule has 0 aromatic heterocycles. The van der Waals surface area contributed by atoms with Gasteiger partial charge in [0.15, 0.2) is 5.96 Å². The number of carbonyl (C=O) groups excluding carboxylic acids is 1.